The molecule has 1 fully saturated rings. The van der Waals surface area contributed by atoms with Crippen molar-refractivity contribution in [2.75, 3.05) is 7.11 Å². The molecular weight excluding hydrogens is 326 g/mol. The lowest BCUT2D eigenvalue weighted by Gasteiger charge is -2.38. The summed E-state index contributed by atoms with van der Waals surface area (Å²) in [5.74, 6) is 0.0248. The minimum atomic E-state index is -0.216. The fourth-order valence-electron chi connectivity index (χ4n) is 3.05. The highest BCUT2D eigenvalue weighted by molar-refractivity contribution is 7.15. The number of rotatable bonds is 4. The number of aromatic amines is 1. The number of hydrogen-bond acceptors (Lipinski definition) is 6. The average molecular weight is 343 g/mol. The van der Waals surface area contributed by atoms with Crippen LogP contribution in [0.4, 0.5) is 0 Å². The third-order valence-electron chi connectivity index (χ3n) is 4.63. The fourth-order valence-corrected chi connectivity index (χ4v) is 4.23. The zero-order valence-corrected chi connectivity index (χ0v) is 13.9. The maximum Gasteiger partial charge on any atom is 0.186 e. The summed E-state index contributed by atoms with van der Waals surface area (Å²) >= 11 is 1.64. The molecule has 24 heavy (non-hydrogen) atoms. The van der Waals surface area contributed by atoms with Gasteiger partial charge in [-0.2, -0.15) is 0 Å². The number of aromatic nitrogens is 3. The second-order valence-electron chi connectivity index (χ2n) is 5.87. The molecule has 0 atom stereocenters. The number of H-pyrrole nitrogens is 1. The fraction of sp³-hybridized carbons (Fsp3) is 0.312. The second kappa shape index (κ2) is 5.57. The average Bonchev–Trinajstić information content (AvgIpc) is 3.20. The van der Waals surface area contributed by atoms with Crippen LogP contribution in [0.5, 0.6) is 0 Å². The van der Waals surface area contributed by atoms with Gasteiger partial charge in [0.25, 0.3) is 0 Å². The number of nitrogens with one attached hydrogen (secondary N) is 1. The second-order valence-corrected chi connectivity index (χ2v) is 6.90. The monoisotopic (exact) mass is 343 g/mol. The first-order valence-electron chi connectivity index (χ1n) is 7.64. The maximum absolute atomic E-state index is 8.85. The molecule has 4 rings (SSSR count). The number of hydrogen-bond donors (Lipinski definition) is 3. The Hall–Kier alpha value is -2.45. The first-order valence-corrected chi connectivity index (χ1v) is 8.46. The van der Waals surface area contributed by atoms with Crippen LogP contribution >= 0.6 is 11.3 Å². The number of nitrogens with zero attached hydrogens (tertiary/aromatic N) is 3. The molecule has 4 N–H and O–H groups in total. The van der Waals surface area contributed by atoms with Crippen LogP contribution in [0.2, 0.25) is 0 Å². The van der Waals surface area contributed by atoms with E-state index in [2.05, 4.69) is 20.1 Å². The lowest BCUT2D eigenvalue weighted by Crippen LogP contribution is -2.35. The van der Waals surface area contributed by atoms with Crippen molar-refractivity contribution in [3.8, 4) is 10.4 Å². The van der Waals surface area contributed by atoms with Crippen molar-refractivity contribution in [3.05, 3.63) is 35.2 Å². The lowest BCUT2D eigenvalue weighted by molar-refractivity contribution is -0.0779. The summed E-state index contributed by atoms with van der Waals surface area (Å²) in [4.78, 5) is 13.0. The van der Waals surface area contributed by atoms with Gasteiger partial charge in [-0.05, 0) is 31.4 Å². The quantitative estimate of drug-likeness (QED) is 0.292. The van der Waals surface area contributed by atoms with Gasteiger partial charge in [-0.1, -0.05) is 5.16 Å². The van der Waals surface area contributed by atoms with Crippen LogP contribution in [0.3, 0.4) is 0 Å². The van der Waals surface area contributed by atoms with Gasteiger partial charge in [0.05, 0.1) is 10.6 Å². The van der Waals surface area contributed by atoms with Crippen molar-refractivity contribution < 1.29 is 9.94 Å². The van der Waals surface area contributed by atoms with E-state index in [0.717, 1.165) is 33.7 Å². The third kappa shape index (κ3) is 2.18. The van der Waals surface area contributed by atoms with E-state index < -0.39 is 0 Å². The van der Waals surface area contributed by atoms with E-state index in [1.165, 1.54) is 6.42 Å². The molecule has 1 aliphatic rings. The molecule has 3 aromatic heterocycles. The van der Waals surface area contributed by atoms with E-state index in [0.29, 0.717) is 11.3 Å². The first kappa shape index (κ1) is 15.1. The molecule has 1 aliphatic carbocycles. The molecule has 0 radical (unpaired) electrons. The summed E-state index contributed by atoms with van der Waals surface area (Å²) in [5, 5.41) is 13.8. The topological polar surface area (TPSA) is 109 Å². The van der Waals surface area contributed by atoms with Gasteiger partial charge in [0.2, 0.25) is 0 Å². The number of pyridine rings is 1. The Morgan fingerprint density at radius 2 is 2.29 bits per heavy atom. The van der Waals surface area contributed by atoms with Crippen molar-refractivity contribution in [3.63, 3.8) is 0 Å². The summed E-state index contributed by atoms with van der Waals surface area (Å²) in [6.45, 7) is 0. The van der Waals surface area contributed by atoms with E-state index in [9.17, 15) is 0 Å². The van der Waals surface area contributed by atoms with Crippen LogP contribution < -0.4 is 5.73 Å². The predicted octanol–water partition coefficient (Wildman–Crippen LogP) is 2.81. The van der Waals surface area contributed by atoms with Crippen molar-refractivity contribution >= 4 is 28.2 Å². The molecule has 0 spiro atoms. The molecule has 0 amide bonds. The Bertz CT molecular complexity index is 920. The van der Waals surface area contributed by atoms with Gasteiger partial charge in [0, 0.05) is 30.5 Å². The number of thiazole rings is 1. The first-order chi connectivity index (χ1) is 11.7. The largest absolute Gasteiger partial charge is 0.409 e. The Morgan fingerprint density at radius 3 is 2.96 bits per heavy atom. The summed E-state index contributed by atoms with van der Waals surface area (Å²) < 4.78 is 5.72. The van der Waals surface area contributed by atoms with Gasteiger partial charge in [-0.3, -0.25) is 0 Å². The van der Waals surface area contributed by atoms with Crippen molar-refractivity contribution in [1.82, 2.24) is 15.0 Å². The zero-order valence-electron chi connectivity index (χ0n) is 13.1. The van der Waals surface area contributed by atoms with E-state index in [1.54, 1.807) is 24.6 Å². The number of ether oxygens (including phenoxy) is 1. The highest BCUT2D eigenvalue weighted by Gasteiger charge is 2.41. The molecular formula is C16H17N5O2S. The zero-order chi connectivity index (χ0) is 16.7. The Balaban J connectivity index is 1.79. The van der Waals surface area contributed by atoms with Gasteiger partial charge in [-0.15, -0.1) is 11.3 Å². The Morgan fingerprint density at radius 1 is 1.46 bits per heavy atom. The van der Waals surface area contributed by atoms with Crippen LogP contribution in [-0.4, -0.2) is 33.1 Å². The molecule has 0 bridgehead atoms. The summed E-state index contributed by atoms with van der Waals surface area (Å²) in [7, 11) is 1.75. The summed E-state index contributed by atoms with van der Waals surface area (Å²) in [5.41, 5.74) is 7.69. The molecule has 1 saturated carbocycles. The number of nitrogens with two attached hydrogens (primary N) is 1. The molecule has 0 aromatic carbocycles. The van der Waals surface area contributed by atoms with E-state index in [4.69, 9.17) is 15.7 Å². The number of methoxy groups -OCH3 is 1. The Kier molecular flexibility index (Phi) is 3.50. The van der Waals surface area contributed by atoms with E-state index >= 15 is 0 Å². The standard InChI is InChI=1S/C16H17N5O2S/c1-23-16(4-2-5-16)15-19-8-12(24-15)9-3-6-18-14-10(9)7-11(20-14)13(17)21-22/h3,6-8,22H,2,4-5H2,1H3,(H2,17,21)(H,18,20). The molecule has 0 saturated heterocycles. The van der Waals surface area contributed by atoms with Crippen LogP contribution in [0.15, 0.2) is 29.7 Å². The smallest absolute Gasteiger partial charge is 0.186 e. The SMILES string of the molecule is COC1(c2ncc(-c3ccnc4[nH]c(/C(N)=N/O)cc34)s2)CCC1. The van der Waals surface area contributed by atoms with Crippen LogP contribution in [0.25, 0.3) is 21.5 Å². The number of oxime groups is 1. The predicted molar refractivity (Wildman–Crippen MR) is 92.3 cm³/mol. The highest BCUT2D eigenvalue weighted by Crippen LogP contribution is 2.47. The van der Waals surface area contributed by atoms with Crippen LogP contribution in [0, 0.1) is 0 Å². The van der Waals surface area contributed by atoms with E-state index in [1.807, 2.05) is 18.3 Å². The molecule has 0 unspecified atom stereocenters. The minimum absolute atomic E-state index is 0.0248. The van der Waals surface area contributed by atoms with Crippen molar-refractivity contribution in [2.24, 2.45) is 10.9 Å². The summed E-state index contributed by atoms with van der Waals surface area (Å²) in [6, 6.07) is 3.78. The molecule has 7 nitrogen and oxygen atoms in total. The molecule has 0 aliphatic heterocycles. The van der Waals surface area contributed by atoms with Crippen LogP contribution in [0.1, 0.15) is 30.0 Å². The van der Waals surface area contributed by atoms with Gasteiger partial charge < -0.3 is 20.7 Å². The van der Waals surface area contributed by atoms with Gasteiger partial charge in [0.15, 0.2) is 5.84 Å². The normalized spacial score (nSPS) is 17.1. The Labute approximate surface area is 142 Å². The summed E-state index contributed by atoms with van der Waals surface area (Å²) in [6.07, 6.45) is 6.81. The molecule has 3 aromatic rings. The number of amidine groups is 1. The lowest BCUT2D eigenvalue weighted by atomic mass is 9.80. The van der Waals surface area contributed by atoms with Crippen molar-refractivity contribution in [1.29, 1.82) is 0 Å². The number of fused-ring (bicyclic) bond motifs is 1. The highest BCUT2D eigenvalue weighted by atomic mass is 32.1. The van der Waals surface area contributed by atoms with Crippen LogP contribution in [-0.2, 0) is 10.3 Å². The molecule has 124 valence electrons. The van der Waals surface area contributed by atoms with E-state index in [-0.39, 0.29) is 11.4 Å². The van der Waals surface area contributed by atoms with Gasteiger partial charge in [0.1, 0.15) is 16.3 Å². The molecule has 3 heterocycles. The maximum atomic E-state index is 8.85. The van der Waals surface area contributed by atoms with Crippen molar-refractivity contribution in [2.45, 2.75) is 24.9 Å². The van der Waals surface area contributed by atoms with Gasteiger partial charge >= 0.3 is 0 Å². The van der Waals surface area contributed by atoms with Gasteiger partial charge in [-0.25, -0.2) is 9.97 Å². The molecule has 8 heteroatoms. The third-order valence-corrected chi connectivity index (χ3v) is 5.84. The minimum Gasteiger partial charge on any atom is -0.409 e.